The summed E-state index contributed by atoms with van der Waals surface area (Å²) < 4.78 is 0. The Kier molecular flexibility index (Phi) is 2.87. The van der Waals surface area contributed by atoms with Gasteiger partial charge in [0.2, 0.25) is 0 Å². The van der Waals surface area contributed by atoms with Crippen LogP contribution in [-0.2, 0) is 0 Å². The molecule has 78 valence electrons. The zero-order valence-electron chi connectivity index (χ0n) is 9.32. The first kappa shape index (κ1) is 10.4. The predicted octanol–water partition coefficient (Wildman–Crippen LogP) is 3.63. The molecule has 0 aromatic heterocycles. The second-order valence-electron chi connectivity index (χ2n) is 3.79. The van der Waals surface area contributed by atoms with Crippen molar-refractivity contribution in [1.29, 1.82) is 0 Å². The molecule has 15 heavy (non-hydrogen) atoms. The molecule has 0 unspecified atom stereocenters. The Morgan fingerprint density at radius 1 is 0.933 bits per heavy atom. The summed E-state index contributed by atoms with van der Waals surface area (Å²) in [5.74, 6) is 0. The third-order valence-corrected chi connectivity index (χ3v) is 3.27. The van der Waals surface area contributed by atoms with Gasteiger partial charge in [0.1, 0.15) is 0 Å². The fraction of sp³-hybridized carbons (Fsp3) is 0.231. The molecule has 0 N–H and O–H groups in total. The molecule has 2 heteroatoms. The summed E-state index contributed by atoms with van der Waals surface area (Å²) in [4.78, 5) is 3.45. The maximum Gasteiger partial charge on any atom is 0.0367 e. The van der Waals surface area contributed by atoms with Gasteiger partial charge < -0.3 is 4.90 Å². The zero-order valence-corrected chi connectivity index (χ0v) is 10.1. The van der Waals surface area contributed by atoms with Crippen LogP contribution in [0, 0.1) is 0 Å². The van der Waals surface area contributed by atoms with Gasteiger partial charge in [0.05, 0.1) is 0 Å². The first-order chi connectivity index (χ1) is 7.20. The number of thioether (sulfide) groups is 1. The van der Waals surface area contributed by atoms with Gasteiger partial charge in [0.15, 0.2) is 0 Å². The van der Waals surface area contributed by atoms with Crippen molar-refractivity contribution >= 4 is 28.2 Å². The van der Waals surface area contributed by atoms with Crippen LogP contribution >= 0.6 is 11.8 Å². The number of rotatable bonds is 2. The van der Waals surface area contributed by atoms with Crippen LogP contribution in [0.4, 0.5) is 5.69 Å². The molecular weight excluding hydrogens is 202 g/mol. The highest BCUT2D eigenvalue weighted by atomic mass is 32.2. The molecule has 1 nitrogen and oxygen atoms in total. The lowest BCUT2D eigenvalue weighted by Gasteiger charge is -2.13. The number of benzene rings is 2. The van der Waals surface area contributed by atoms with Crippen LogP contribution in [0.5, 0.6) is 0 Å². The van der Waals surface area contributed by atoms with Gasteiger partial charge in [0, 0.05) is 24.7 Å². The Morgan fingerprint density at radius 2 is 1.60 bits per heavy atom. The van der Waals surface area contributed by atoms with Crippen LogP contribution in [0.3, 0.4) is 0 Å². The molecule has 0 saturated heterocycles. The summed E-state index contributed by atoms with van der Waals surface area (Å²) in [5, 5.41) is 2.62. The number of anilines is 1. The Morgan fingerprint density at radius 3 is 2.27 bits per heavy atom. The molecule has 2 aromatic rings. The van der Waals surface area contributed by atoms with Crippen LogP contribution in [0.2, 0.25) is 0 Å². The average molecular weight is 217 g/mol. The van der Waals surface area contributed by atoms with Gasteiger partial charge in [-0.2, -0.15) is 0 Å². The van der Waals surface area contributed by atoms with Crippen molar-refractivity contribution in [2.45, 2.75) is 4.90 Å². The van der Waals surface area contributed by atoms with E-state index in [-0.39, 0.29) is 0 Å². The molecule has 0 saturated carbocycles. The first-order valence-electron chi connectivity index (χ1n) is 4.96. The van der Waals surface area contributed by atoms with Crippen LogP contribution in [0.1, 0.15) is 0 Å². The number of hydrogen-bond acceptors (Lipinski definition) is 2. The van der Waals surface area contributed by atoms with Gasteiger partial charge in [-0.05, 0) is 41.3 Å². The largest absolute Gasteiger partial charge is 0.378 e. The molecular formula is C13H15NS. The van der Waals surface area contributed by atoms with E-state index in [1.54, 1.807) is 11.8 Å². The lowest BCUT2D eigenvalue weighted by molar-refractivity contribution is 1.13. The van der Waals surface area contributed by atoms with Gasteiger partial charge in [-0.3, -0.25) is 0 Å². The molecule has 0 aliphatic carbocycles. The number of hydrogen-bond donors (Lipinski definition) is 0. The molecule has 2 rings (SSSR count). The molecule has 0 aliphatic heterocycles. The van der Waals surface area contributed by atoms with Crippen molar-refractivity contribution in [2.24, 2.45) is 0 Å². The highest BCUT2D eigenvalue weighted by Gasteiger charge is 1.99. The van der Waals surface area contributed by atoms with E-state index in [9.17, 15) is 0 Å². The molecule has 0 fully saturated rings. The number of nitrogens with zero attached hydrogens (tertiary/aromatic N) is 1. The van der Waals surface area contributed by atoms with Gasteiger partial charge in [-0.15, -0.1) is 11.8 Å². The molecule has 0 amide bonds. The van der Waals surface area contributed by atoms with E-state index in [1.165, 1.54) is 21.4 Å². The second-order valence-corrected chi connectivity index (χ2v) is 4.67. The summed E-state index contributed by atoms with van der Waals surface area (Å²) in [7, 11) is 4.13. The molecule has 0 heterocycles. The smallest absolute Gasteiger partial charge is 0.0367 e. The lowest BCUT2D eigenvalue weighted by Crippen LogP contribution is -2.07. The predicted molar refractivity (Wildman–Crippen MR) is 70.1 cm³/mol. The van der Waals surface area contributed by atoms with Crippen molar-refractivity contribution in [3.8, 4) is 0 Å². The van der Waals surface area contributed by atoms with Crippen molar-refractivity contribution in [2.75, 3.05) is 25.3 Å². The minimum Gasteiger partial charge on any atom is -0.378 e. The van der Waals surface area contributed by atoms with Crippen molar-refractivity contribution in [1.82, 2.24) is 0 Å². The van der Waals surface area contributed by atoms with Crippen molar-refractivity contribution in [3.63, 3.8) is 0 Å². The topological polar surface area (TPSA) is 3.24 Å². The highest BCUT2D eigenvalue weighted by molar-refractivity contribution is 7.98. The summed E-state index contributed by atoms with van der Waals surface area (Å²) >= 11 is 1.78. The summed E-state index contributed by atoms with van der Waals surface area (Å²) in [5.41, 5.74) is 1.25. The van der Waals surface area contributed by atoms with Crippen LogP contribution < -0.4 is 4.90 Å². The minimum absolute atomic E-state index is 1.25. The minimum atomic E-state index is 1.25. The van der Waals surface area contributed by atoms with Gasteiger partial charge in [0.25, 0.3) is 0 Å². The maximum absolute atomic E-state index is 2.24. The monoisotopic (exact) mass is 217 g/mol. The van der Waals surface area contributed by atoms with Crippen molar-refractivity contribution < 1.29 is 0 Å². The molecule has 0 aliphatic rings. The van der Waals surface area contributed by atoms with E-state index in [0.29, 0.717) is 0 Å². The number of fused-ring (bicyclic) bond motifs is 1. The molecule has 0 spiro atoms. The fourth-order valence-electron chi connectivity index (χ4n) is 1.62. The third kappa shape index (κ3) is 2.10. The summed E-state index contributed by atoms with van der Waals surface area (Å²) in [6.07, 6.45) is 2.11. The molecule has 0 atom stereocenters. The second kappa shape index (κ2) is 4.15. The Hall–Kier alpha value is -1.15. The van der Waals surface area contributed by atoms with E-state index >= 15 is 0 Å². The van der Waals surface area contributed by atoms with E-state index in [2.05, 4.69) is 61.6 Å². The van der Waals surface area contributed by atoms with Crippen LogP contribution in [0.15, 0.2) is 41.3 Å². The maximum atomic E-state index is 2.24. The van der Waals surface area contributed by atoms with Crippen molar-refractivity contribution in [3.05, 3.63) is 36.4 Å². The Bertz CT molecular complexity index is 477. The van der Waals surface area contributed by atoms with Crippen LogP contribution in [-0.4, -0.2) is 20.4 Å². The Balaban J connectivity index is 2.55. The molecule has 0 bridgehead atoms. The van der Waals surface area contributed by atoms with Gasteiger partial charge in [-0.1, -0.05) is 12.1 Å². The van der Waals surface area contributed by atoms with Gasteiger partial charge in [-0.25, -0.2) is 0 Å². The lowest BCUT2D eigenvalue weighted by atomic mass is 10.1. The van der Waals surface area contributed by atoms with Crippen LogP contribution in [0.25, 0.3) is 10.8 Å². The molecule has 0 radical (unpaired) electrons. The van der Waals surface area contributed by atoms with E-state index in [4.69, 9.17) is 0 Å². The molecule has 2 aromatic carbocycles. The summed E-state index contributed by atoms with van der Waals surface area (Å²) in [6.45, 7) is 0. The third-order valence-electron chi connectivity index (χ3n) is 2.55. The Labute approximate surface area is 95.1 Å². The normalized spacial score (nSPS) is 10.6. The van der Waals surface area contributed by atoms with Gasteiger partial charge >= 0.3 is 0 Å². The van der Waals surface area contributed by atoms with E-state index < -0.39 is 0 Å². The highest BCUT2D eigenvalue weighted by Crippen LogP contribution is 2.25. The van der Waals surface area contributed by atoms with E-state index in [0.717, 1.165) is 0 Å². The van der Waals surface area contributed by atoms with E-state index in [1.807, 2.05) is 0 Å². The standard InChI is InChI=1S/C13H15NS/c1-14(2)12-6-4-11-9-13(15-3)7-5-10(11)8-12/h4-9H,1-3H3. The summed E-state index contributed by atoms with van der Waals surface area (Å²) in [6, 6.07) is 13.2. The first-order valence-corrected chi connectivity index (χ1v) is 6.18. The SMILES string of the molecule is CSc1ccc2cc(N(C)C)ccc2c1. The average Bonchev–Trinajstić information content (AvgIpc) is 2.27. The quantitative estimate of drug-likeness (QED) is 0.707. The zero-order chi connectivity index (χ0) is 10.8. The fourth-order valence-corrected chi connectivity index (χ4v) is 2.07.